The molecule has 0 aliphatic heterocycles. The van der Waals surface area contributed by atoms with Gasteiger partial charge in [0.2, 0.25) is 0 Å². The lowest BCUT2D eigenvalue weighted by Crippen LogP contribution is -2.34. The third kappa shape index (κ3) is 5.32. The second-order valence-corrected chi connectivity index (χ2v) is 6.32. The van der Waals surface area contributed by atoms with Gasteiger partial charge in [-0.25, -0.2) is 5.43 Å². The molecule has 26 heavy (non-hydrogen) atoms. The number of thiophene rings is 1. The number of aromatic hydroxyl groups is 1. The molecule has 2 aromatic rings. The van der Waals surface area contributed by atoms with Crippen molar-refractivity contribution in [3.8, 4) is 5.75 Å². The minimum absolute atomic E-state index is 0.0818. The normalized spacial score (nSPS) is 10.7. The summed E-state index contributed by atoms with van der Waals surface area (Å²) in [7, 11) is 0. The summed E-state index contributed by atoms with van der Waals surface area (Å²) in [6, 6.07) is 8.73. The molecule has 0 fully saturated rings. The molecule has 0 aliphatic carbocycles. The van der Waals surface area contributed by atoms with Gasteiger partial charge in [0.1, 0.15) is 5.75 Å². The first-order valence-corrected chi connectivity index (χ1v) is 9.14. The molecular formula is C18H22N4O3S. The highest BCUT2D eigenvalue weighted by atomic mass is 32.1. The highest BCUT2D eigenvalue weighted by Gasteiger charge is 2.08. The van der Waals surface area contributed by atoms with E-state index in [1.807, 2.05) is 19.9 Å². The second-order valence-electron chi connectivity index (χ2n) is 5.37. The average molecular weight is 374 g/mol. The SMILES string of the molecule is CCN(CC)c1ccc(/C=N\NC(=O)CNC(=O)c2cccs2)c(O)c1. The monoisotopic (exact) mass is 374 g/mol. The third-order valence-corrected chi connectivity index (χ3v) is 4.56. The number of hydrogen-bond donors (Lipinski definition) is 3. The molecule has 138 valence electrons. The highest BCUT2D eigenvalue weighted by Crippen LogP contribution is 2.23. The maximum Gasteiger partial charge on any atom is 0.261 e. The number of amides is 2. The van der Waals surface area contributed by atoms with Crippen molar-refractivity contribution in [2.75, 3.05) is 24.5 Å². The van der Waals surface area contributed by atoms with Gasteiger partial charge in [-0.1, -0.05) is 6.07 Å². The molecule has 0 saturated heterocycles. The van der Waals surface area contributed by atoms with Gasteiger partial charge in [0.05, 0.1) is 17.6 Å². The van der Waals surface area contributed by atoms with Crippen molar-refractivity contribution < 1.29 is 14.7 Å². The van der Waals surface area contributed by atoms with Crippen LogP contribution in [0.3, 0.4) is 0 Å². The van der Waals surface area contributed by atoms with Crippen LogP contribution in [0.25, 0.3) is 0 Å². The fourth-order valence-corrected chi connectivity index (χ4v) is 2.94. The molecular weight excluding hydrogens is 352 g/mol. The molecule has 3 N–H and O–H groups in total. The van der Waals surface area contributed by atoms with E-state index in [1.165, 1.54) is 17.6 Å². The van der Waals surface area contributed by atoms with Gasteiger partial charge in [-0.2, -0.15) is 5.10 Å². The van der Waals surface area contributed by atoms with E-state index in [4.69, 9.17) is 0 Å². The topological polar surface area (TPSA) is 94.0 Å². The molecule has 1 heterocycles. The van der Waals surface area contributed by atoms with Crippen molar-refractivity contribution in [3.63, 3.8) is 0 Å². The summed E-state index contributed by atoms with van der Waals surface area (Å²) >= 11 is 1.30. The summed E-state index contributed by atoms with van der Waals surface area (Å²) in [5.74, 6) is -0.674. The summed E-state index contributed by atoms with van der Waals surface area (Å²) in [6.07, 6.45) is 1.36. The van der Waals surface area contributed by atoms with Gasteiger partial charge >= 0.3 is 0 Å². The fourth-order valence-electron chi connectivity index (χ4n) is 2.30. The maximum absolute atomic E-state index is 11.7. The van der Waals surface area contributed by atoms with Crippen LogP contribution in [0.2, 0.25) is 0 Å². The Hall–Kier alpha value is -2.87. The number of carbonyl (C=O) groups is 2. The number of rotatable bonds is 8. The molecule has 0 aliphatic rings. The lowest BCUT2D eigenvalue weighted by molar-refractivity contribution is -0.120. The molecule has 1 aromatic heterocycles. The van der Waals surface area contributed by atoms with Crippen molar-refractivity contribution in [2.45, 2.75) is 13.8 Å². The Morgan fingerprint density at radius 2 is 2.04 bits per heavy atom. The first-order valence-electron chi connectivity index (χ1n) is 8.26. The summed E-state index contributed by atoms with van der Waals surface area (Å²) < 4.78 is 0. The molecule has 0 atom stereocenters. The first kappa shape index (κ1) is 19.5. The number of anilines is 1. The highest BCUT2D eigenvalue weighted by molar-refractivity contribution is 7.12. The molecule has 8 heteroatoms. The maximum atomic E-state index is 11.7. The van der Waals surface area contributed by atoms with E-state index in [1.54, 1.807) is 29.6 Å². The number of nitrogens with one attached hydrogen (secondary N) is 2. The molecule has 0 unspecified atom stereocenters. The quantitative estimate of drug-likeness (QED) is 0.488. The Kier molecular flexibility index (Phi) is 7.16. The van der Waals surface area contributed by atoms with Crippen LogP contribution < -0.4 is 15.6 Å². The van der Waals surface area contributed by atoms with Crippen molar-refractivity contribution >= 4 is 35.1 Å². The van der Waals surface area contributed by atoms with Crippen LogP contribution in [0.4, 0.5) is 5.69 Å². The smallest absolute Gasteiger partial charge is 0.261 e. The number of benzene rings is 1. The zero-order valence-electron chi connectivity index (χ0n) is 14.7. The van der Waals surface area contributed by atoms with Crippen LogP contribution >= 0.6 is 11.3 Å². The van der Waals surface area contributed by atoms with Gasteiger partial charge < -0.3 is 15.3 Å². The number of hydrazone groups is 1. The van der Waals surface area contributed by atoms with Gasteiger partial charge in [0, 0.05) is 30.4 Å². The lowest BCUT2D eigenvalue weighted by atomic mass is 10.2. The van der Waals surface area contributed by atoms with Crippen LogP contribution in [-0.2, 0) is 4.79 Å². The minimum Gasteiger partial charge on any atom is -0.507 e. The van der Waals surface area contributed by atoms with E-state index in [-0.39, 0.29) is 18.2 Å². The summed E-state index contributed by atoms with van der Waals surface area (Å²) in [5, 5.41) is 18.2. The third-order valence-electron chi connectivity index (χ3n) is 3.69. The molecule has 2 amide bonds. The summed E-state index contributed by atoms with van der Waals surface area (Å²) in [6.45, 7) is 5.60. The Labute approximate surface area is 156 Å². The lowest BCUT2D eigenvalue weighted by Gasteiger charge is -2.21. The second kappa shape index (κ2) is 9.57. The van der Waals surface area contributed by atoms with Crippen LogP contribution in [0, 0.1) is 0 Å². The number of phenolic OH excluding ortho intramolecular Hbond substituents is 1. The van der Waals surface area contributed by atoms with Crippen LogP contribution in [0.5, 0.6) is 5.75 Å². The minimum atomic E-state index is -0.453. The predicted octanol–water partition coefficient (Wildman–Crippen LogP) is 2.18. The summed E-state index contributed by atoms with van der Waals surface area (Å²) in [5.41, 5.74) is 3.73. The van der Waals surface area contributed by atoms with Gasteiger partial charge in [0.25, 0.3) is 11.8 Å². The van der Waals surface area contributed by atoms with E-state index in [0.717, 1.165) is 18.8 Å². The van der Waals surface area contributed by atoms with Crippen molar-refractivity contribution in [3.05, 3.63) is 46.2 Å². The van der Waals surface area contributed by atoms with Gasteiger partial charge in [-0.15, -0.1) is 11.3 Å². The van der Waals surface area contributed by atoms with Gasteiger partial charge in [-0.05, 0) is 37.4 Å². The van der Waals surface area contributed by atoms with Crippen molar-refractivity contribution in [1.29, 1.82) is 0 Å². The van der Waals surface area contributed by atoms with E-state index in [2.05, 4.69) is 20.7 Å². The van der Waals surface area contributed by atoms with E-state index >= 15 is 0 Å². The van der Waals surface area contributed by atoms with Gasteiger partial charge in [0.15, 0.2) is 0 Å². The molecule has 7 nitrogen and oxygen atoms in total. The predicted molar refractivity (Wildman–Crippen MR) is 104 cm³/mol. The molecule has 1 aromatic carbocycles. The fraction of sp³-hybridized carbons (Fsp3) is 0.278. The molecule has 0 bridgehead atoms. The molecule has 0 saturated carbocycles. The van der Waals surface area contributed by atoms with E-state index in [0.29, 0.717) is 10.4 Å². The van der Waals surface area contributed by atoms with Gasteiger partial charge in [-0.3, -0.25) is 9.59 Å². The first-order chi connectivity index (χ1) is 12.5. The number of nitrogens with zero attached hydrogens (tertiary/aromatic N) is 2. The van der Waals surface area contributed by atoms with E-state index in [9.17, 15) is 14.7 Å². The van der Waals surface area contributed by atoms with Crippen molar-refractivity contribution in [2.24, 2.45) is 5.10 Å². The van der Waals surface area contributed by atoms with E-state index < -0.39 is 5.91 Å². The average Bonchev–Trinajstić information content (AvgIpc) is 3.17. The van der Waals surface area contributed by atoms with Crippen LogP contribution in [0.1, 0.15) is 29.1 Å². The summed E-state index contributed by atoms with van der Waals surface area (Å²) in [4.78, 5) is 26.1. The molecule has 2 rings (SSSR count). The van der Waals surface area contributed by atoms with Crippen LogP contribution in [-0.4, -0.2) is 42.8 Å². The zero-order valence-corrected chi connectivity index (χ0v) is 15.5. The number of phenols is 1. The number of carbonyl (C=O) groups excluding carboxylic acids is 2. The Morgan fingerprint density at radius 1 is 1.27 bits per heavy atom. The number of hydrogen-bond acceptors (Lipinski definition) is 6. The molecule has 0 radical (unpaired) electrons. The van der Waals surface area contributed by atoms with Crippen LogP contribution in [0.15, 0.2) is 40.8 Å². The zero-order chi connectivity index (χ0) is 18.9. The Bertz CT molecular complexity index is 771. The Morgan fingerprint density at radius 3 is 2.65 bits per heavy atom. The molecule has 0 spiro atoms. The largest absolute Gasteiger partial charge is 0.507 e. The van der Waals surface area contributed by atoms with Crippen molar-refractivity contribution in [1.82, 2.24) is 10.7 Å². The standard InChI is InChI=1S/C18H22N4O3S/c1-3-22(4-2)14-8-7-13(15(23)10-14)11-20-21-17(24)12-19-18(25)16-6-5-9-26-16/h5-11,23H,3-4,12H2,1-2H3,(H,19,25)(H,21,24)/b20-11-. The Balaban J connectivity index is 1.85.